The van der Waals surface area contributed by atoms with Crippen molar-refractivity contribution in [2.45, 2.75) is 50.7 Å². The molecule has 0 heterocycles. The van der Waals surface area contributed by atoms with Gasteiger partial charge < -0.3 is 15.0 Å². The summed E-state index contributed by atoms with van der Waals surface area (Å²) in [4.78, 5) is 28.7. The fourth-order valence-electron chi connectivity index (χ4n) is 4.46. The third-order valence-electron chi connectivity index (χ3n) is 6.34. The van der Waals surface area contributed by atoms with Gasteiger partial charge in [-0.25, -0.2) is 4.39 Å². The van der Waals surface area contributed by atoms with Crippen LogP contribution in [0.5, 0.6) is 5.75 Å². The number of nitrogens with one attached hydrogen (secondary N) is 1. The quantitative estimate of drug-likeness (QED) is 0.455. The fourth-order valence-corrected chi connectivity index (χ4v) is 4.46. The van der Waals surface area contributed by atoms with E-state index in [4.69, 9.17) is 4.74 Å². The largest absolute Gasteiger partial charge is 0.484 e. The molecule has 3 aromatic carbocycles. The van der Waals surface area contributed by atoms with Crippen LogP contribution in [0.2, 0.25) is 0 Å². The molecule has 182 valence electrons. The summed E-state index contributed by atoms with van der Waals surface area (Å²) >= 11 is 0. The maximum atomic E-state index is 13.6. The molecule has 1 fully saturated rings. The smallest absolute Gasteiger partial charge is 0.261 e. The lowest BCUT2D eigenvalue weighted by Gasteiger charge is -2.32. The van der Waals surface area contributed by atoms with E-state index in [0.29, 0.717) is 12.2 Å². The summed E-state index contributed by atoms with van der Waals surface area (Å²) in [6, 6.07) is 24.4. The molecule has 4 rings (SSSR count). The van der Waals surface area contributed by atoms with E-state index in [-0.39, 0.29) is 36.8 Å². The van der Waals surface area contributed by atoms with E-state index >= 15 is 0 Å². The zero-order chi connectivity index (χ0) is 24.5. The first-order valence-electron chi connectivity index (χ1n) is 12.1. The molecule has 2 amide bonds. The maximum absolute atomic E-state index is 13.6. The molecule has 5 nitrogen and oxygen atoms in total. The van der Waals surface area contributed by atoms with Crippen LogP contribution in [-0.4, -0.2) is 35.4 Å². The van der Waals surface area contributed by atoms with Gasteiger partial charge in [-0.3, -0.25) is 9.59 Å². The minimum Gasteiger partial charge on any atom is -0.484 e. The Morgan fingerprint density at radius 2 is 1.49 bits per heavy atom. The Hall–Kier alpha value is -3.67. The second-order valence-corrected chi connectivity index (χ2v) is 8.95. The SMILES string of the molecule is O=C(NC1CCCC1)[C@@H](Cc1ccccc1)N(Cc1ccccc1)C(=O)COc1ccc(F)cc1. The predicted octanol–water partition coefficient (Wildman–Crippen LogP) is 4.90. The van der Waals surface area contributed by atoms with Gasteiger partial charge in [-0.1, -0.05) is 73.5 Å². The van der Waals surface area contributed by atoms with E-state index in [2.05, 4.69) is 5.32 Å². The Bertz CT molecular complexity index is 1080. The number of halogens is 1. The first kappa shape index (κ1) is 24.5. The van der Waals surface area contributed by atoms with Crippen molar-refractivity contribution >= 4 is 11.8 Å². The van der Waals surface area contributed by atoms with Gasteiger partial charge in [-0.05, 0) is 48.2 Å². The highest BCUT2D eigenvalue weighted by Crippen LogP contribution is 2.20. The fraction of sp³-hybridized carbons (Fsp3) is 0.310. The van der Waals surface area contributed by atoms with E-state index in [0.717, 1.165) is 36.8 Å². The lowest BCUT2D eigenvalue weighted by atomic mass is 10.0. The molecule has 1 atom stereocenters. The van der Waals surface area contributed by atoms with Crippen LogP contribution < -0.4 is 10.1 Å². The van der Waals surface area contributed by atoms with Gasteiger partial charge in [0.25, 0.3) is 5.91 Å². The summed E-state index contributed by atoms with van der Waals surface area (Å²) < 4.78 is 18.9. The van der Waals surface area contributed by atoms with Crippen LogP contribution in [0.4, 0.5) is 4.39 Å². The Balaban J connectivity index is 1.58. The molecule has 0 radical (unpaired) electrons. The van der Waals surface area contributed by atoms with Crippen molar-refractivity contribution in [3.05, 3.63) is 102 Å². The van der Waals surface area contributed by atoms with Gasteiger partial charge in [-0.2, -0.15) is 0 Å². The minimum atomic E-state index is -0.692. The van der Waals surface area contributed by atoms with Crippen LogP contribution in [0.15, 0.2) is 84.9 Å². The van der Waals surface area contributed by atoms with Crippen molar-refractivity contribution in [1.29, 1.82) is 0 Å². The van der Waals surface area contributed by atoms with Crippen LogP contribution in [0, 0.1) is 5.82 Å². The molecule has 0 aliphatic heterocycles. The Labute approximate surface area is 205 Å². The third-order valence-corrected chi connectivity index (χ3v) is 6.34. The highest BCUT2D eigenvalue weighted by molar-refractivity contribution is 5.88. The van der Waals surface area contributed by atoms with Gasteiger partial charge in [0, 0.05) is 19.0 Å². The summed E-state index contributed by atoms with van der Waals surface area (Å²) in [5.74, 6) is -0.428. The highest BCUT2D eigenvalue weighted by Gasteiger charge is 2.32. The van der Waals surface area contributed by atoms with Crippen molar-refractivity contribution in [1.82, 2.24) is 10.2 Å². The van der Waals surface area contributed by atoms with Gasteiger partial charge in [0.2, 0.25) is 5.91 Å². The first-order valence-corrected chi connectivity index (χ1v) is 12.1. The van der Waals surface area contributed by atoms with E-state index in [9.17, 15) is 14.0 Å². The van der Waals surface area contributed by atoms with Crippen LogP contribution in [0.3, 0.4) is 0 Å². The van der Waals surface area contributed by atoms with Crippen LogP contribution in [0.25, 0.3) is 0 Å². The molecule has 35 heavy (non-hydrogen) atoms. The maximum Gasteiger partial charge on any atom is 0.261 e. The van der Waals surface area contributed by atoms with Crippen molar-refractivity contribution < 1.29 is 18.7 Å². The molecule has 1 saturated carbocycles. The molecule has 1 N–H and O–H groups in total. The normalized spacial score (nSPS) is 14.3. The molecule has 0 saturated heterocycles. The number of nitrogens with zero attached hydrogens (tertiary/aromatic N) is 1. The predicted molar refractivity (Wildman–Crippen MR) is 133 cm³/mol. The van der Waals surface area contributed by atoms with E-state index < -0.39 is 6.04 Å². The van der Waals surface area contributed by atoms with Gasteiger partial charge in [0.15, 0.2) is 6.61 Å². The summed E-state index contributed by atoms with van der Waals surface area (Å²) in [6.07, 6.45) is 4.53. The van der Waals surface area contributed by atoms with Gasteiger partial charge in [0.1, 0.15) is 17.6 Å². The number of hydrogen-bond acceptors (Lipinski definition) is 3. The summed E-state index contributed by atoms with van der Waals surface area (Å²) in [5, 5.41) is 3.19. The van der Waals surface area contributed by atoms with Crippen molar-refractivity contribution in [2.24, 2.45) is 0 Å². The van der Waals surface area contributed by atoms with E-state index in [1.165, 1.54) is 24.3 Å². The molecule has 1 aliphatic rings. The van der Waals surface area contributed by atoms with Crippen molar-refractivity contribution in [2.75, 3.05) is 6.61 Å². The standard InChI is InChI=1S/C29H31FN2O3/c30-24-15-17-26(18-16-24)35-21-28(33)32(20-23-11-5-2-6-12-23)27(19-22-9-3-1-4-10-22)29(34)31-25-13-7-8-14-25/h1-6,9-12,15-18,25,27H,7-8,13-14,19-21H2,(H,31,34)/t27-/m1/s1. The highest BCUT2D eigenvalue weighted by atomic mass is 19.1. The number of carbonyl (C=O) groups is 2. The van der Waals surface area contributed by atoms with Crippen LogP contribution >= 0.6 is 0 Å². The Morgan fingerprint density at radius 1 is 0.886 bits per heavy atom. The van der Waals surface area contributed by atoms with Gasteiger partial charge >= 0.3 is 0 Å². The average Bonchev–Trinajstić information content (AvgIpc) is 3.40. The van der Waals surface area contributed by atoms with Gasteiger partial charge in [-0.15, -0.1) is 0 Å². The molecule has 1 aliphatic carbocycles. The van der Waals surface area contributed by atoms with Gasteiger partial charge in [0.05, 0.1) is 0 Å². The Kier molecular flexibility index (Phi) is 8.49. The van der Waals surface area contributed by atoms with Crippen molar-refractivity contribution in [3.8, 4) is 5.75 Å². The first-order chi connectivity index (χ1) is 17.1. The van der Waals surface area contributed by atoms with E-state index in [1.807, 2.05) is 60.7 Å². The number of ether oxygens (including phenoxy) is 1. The monoisotopic (exact) mass is 474 g/mol. The second kappa shape index (κ2) is 12.2. The molecule has 0 aromatic heterocycles. The van der Waals surface area contributed by atoms with Crippen LogP contribution in [-0.2, 0) is 22.6 Å². The molecule has 0 bridgehead atoms. The average molecular weight is 475 g/mol. The minimum absolute atomic E-state index is 0.143. The molecule has 0 spiro atoms. The number of hydrogen-bond donors (Lipinski definition) is 1. The number of amides is 2. The number of benzene rings is 3. The Morgan fingerprint density at radius 3 is 2.11 bits per heavy atom. The topological polar surface area (TPSA) is 58.6 Å². The third kappa shape index (κ3) is 7.15. The zero-order valence-electron chi connectivity index (χ0n) is 19.7. The summed E-state index contributed by atoms with van der Waals surface area (Å²) in [6.45, 7) is 0.0303. The van der Waals surface area contributed by atoms with E-state index in [1.54, 1.807) is 4.90 Å². The second-order valence-electron chi connectivity index (χ2n) is 8.95. The lowest BCUT2D eigenvalue weighted by Crippen LogP contribution is -2.53. The number of carbonyl (C=O) groups excluding carboxylic acids is 2. The zero-order valence-corrected chi connectivity index (χ0v) is 19.7. The summed E-state index contributed by atoms with van der Waals surface area (Å²) in [7, 11) is 0. The molecule has 6 heteroatoms. The van der Waals surface area contributed by atoms with Crippen molar-refractivity contribution in [3.63, 3.8) is 0 Å². The number of rotatable bonds is 10. The molecule has 0 unspecified atom stereocenters. The molecular formula is C29H31FN2O3. The lowest BCUT2D eigenvalue weighted by molar-refractivity contribution is -0.143. The summed E-state index contributed by atoms with van der Waals surface area (Å²) in [5.41, 5.74) is 1.90. The molecule has 3 aromatic rings. The van der Waals surface area contributed by atoms with Crippen LogP contribution in [0.1, 0.15) is 36.8 Å². The molecular weight excluding hydrogens is 443 g/mol.